The molecule has 2 aromatic rings. The van der Waals surface area contributed by atoms with Crippen LogP contribution >= 0.6 is 0 Å². The molecule has 0 unspecified atom stereocenters. The Morgan fingerprint density at radius 1 is 1.47 bits per heavy atom. The minimum Gasteiger partial charge on any atom is -0.497 e. The fourth-order valence-corrected chi connectivity index (χ4v) is 2.14. The number of nitrogens with one attached hydrogen (secondary N) is 1. The van der Waals surface area contributed by atoms with E-state index in [0.29, 0.717) is 11.3 Å². The van der Waals surface area contributed by atoms with Crippen LogP contribution in [0, 0.1) is 5.41 Å². The van der Waals surface area contributed by atoms with E-state index in [0.717, 1.165) is 16.7 Å². The Hall–Kier alpha value is -2.10. The number of Topliss-reactive ketones (excluding diaryl/α,β-unsaturated/α-hetero) is 1. The predicted molar refractivity (Wildman–Crippen MR) is 67.4 cm³/mol. The first kappa shape index (κ1) is 11.4. The quantitative estimate of drug-likeness (QED) is 0.650. The van der Waals surface area contributed by atoms with Crippen LogP contribution in [0.2, 0.25) is 0 Å². The number of carbonyl (C=O) groups is 1. The van der Waals surface area contributed by atoms with Crippen LogP contribution in [-0.2, 0) is 7.05 Å². The molecular formula is C13H14N2O2. The van der Waals surface area contributed by atoms with E-state index in [1.54, 1.807) is 11.7 Å². The van der Waals surface area contributed by atoms with Crippen LogP contribution < -0.4 is 4.74 Å². The highest BCUT2D eigenvalue weighted by molar-refractivity contribution is 6.10. The summed E-state index contributed by atoms with van der Waals surface area (Å²) in [6.45, 7) is 1.51. The standard InChI is InChI=1S/C13H14N2O2/c1-8(16)13-11(7-14)10-5-4-9(17-3)6-12(10)15(13)2/h4-7,14H,1-3H3. The summed E-state index contributed by atoms with van der Waals surface area (Å²) in [6.07, 6.45) is 1.23. The molecule has 88 valence electrons. The van der Waals surface area contributed by atoms with Crippen molar-refractivity contribution < 1.29 is 9.53 Å². The Bertz CT molecular complexity index is 611. The largest absolute Gasteiger partial charge is 0.497 e. The molecule has 2 rings (SSSR count). The van der Waals surface area contributed by atoms with Crippen molar-refractivity contribution in [3.63, 3.8) is 0 Å². The molecule has 0 atom stereocenters. The second-order valence-corrected chi connectivity index (χ2v) is 3.90. The molecule has 0 spiro atoms. The van der Waals surface area contributed by atoms with Crippen LogP contribution in [-0.4, -0.2) is 23.7 Å². The van der Waals surface area contributed by atoms with E-state index in [2.05, 4.69) is 0 Å². The van der Waals surface area contributed by atoms with Gasteiger partial charge in [0, 0.05) is 37.2 Å². The minimum atomic E-state index is -0.0406. The predicted octanol–water partition coefficient (Wildman–Crippen LogP) is 2.39. The molecule has 1 aromatic heterocycles. The SMILES string of the molecule is COc1ccc2c(C=N)c(C(C)=O)n(C)c2c1. The minimum absolute atomic E-state index is 0.0406. The van der Waals surface area contributed by atoms with Crippen molar-refractivity contribution in [1.82, 2.24) is 4.57 Å². The van der Waals surface area contributed by atoms with E-state index in [1.807, 2.05) is 25.2 Å². The Morgan fingerprint density at radius 3 is 2.71 bits per heavy atom. The van der Waals surface area contributed by atoms with Gasteiger partial charge in [0.1, 0.15) is 5.75 Å². The number of methoxy groups -OCH3 is 1. The van der Waals surface area contributed by atoms with Crippen LogP contribution in [0.4, 0.5) is 0 Å². The first-order chi connectivity index (χ1) is 8.10. The van der Waals surface area contributed by atoms with E-state index in [1.165, 1.54) is 13.1 Å². The van der Waals surface area contributed by atoms with Crippen molar-refractivity contribution >= 4 is 22.9 Å². The van der Waals surface area contributed by atoms with Gasteiger partial charge in [0.05, 0.1) is 18.3 Å². The van der Waals surface area contributed by atoms with Crippen molar-refractivity contribution in [2.24, 2.45) is 7.05 Å². The maximum atomic E-state index is 11.6. The van der Waals surface area contributed by atoms with Gasteiger partial charge in [0.2, 0.25) is 0 Å². The number of hydrogen-bond donors (Lipinski definition) is 1. The van der Waals surface area contributed by atoms with Gasteiger partial charge >= 0.3 is 0 Å². The molecule has 0 saturated carbocycles. The molecule has 17 heavy (non-hydrogen) atoms. The number of ketones is 1. The van der Waals surface area contributed by atoms with Crippen molar-refractivity contribution in [2.45, 2.75) is 6.92 Å². The van der Waals surface area contributed by atoms with Crippen LogP contribution in [0.5, 0.6) is 5.75 Å². The molecule has 0 aliphatic carbocycles. The monoisotopic (exact) mass is 230 g/mol. The van der Waals surface area contributed by atoms with Gasteiger partial charge in [-0.3, -0.25) is 4.79 Å². The summed E-state index contributed by atoms with van der Waals surface area (Å²) in [5.41, 5.74) is 2.12. The van der Waals surface area contributed by atoms with Crippen molar-refractivity contribution in [1.29, 1.82) is 5.41 Å². The lowest BCUT2D eigenvalue weighted by atomic mass is 10.1. The van der Waals surface area contributed by atoms with Crippen molar-refractivity contribution in [3.8, 4) is 5.75 Å². The average Bonchev–Trinajstić information content (AvgIpc) is 2.61. The van der Waals surface area contributed by atoms with Gasteiger partial charge in [0.15, 0.2) is 5.78 Å². The van der Waals surface area contributed by atoms with Gasteiger partial charge in [-0.1, -0.05) is 0 Å². The Morgan fingerprint density at radius 2 is 2.18 bits per heavy atom. The molecule has 0 amide bonds. The molecule has 0 radical (unpaired) electrons. The fourth-order valence-electron chi connectivity index (χ4n) is 2.14. The molecular weight excluding hydrogens is 216 g/mol. The maximum absolute atomic E-state index is 11.6. The van der Waals surface area contributed by atoms with Crippen LogP contribution in [0.3, 0.4) is 0 Å². The van der Waals surface area contributed by atoms with Gasteiger partial charge in [-0.15, -0.1) is 0 Å². The highest BCUT2D eigenvalue weighted by Gasteiger charge is 2.16. The topological polar surface area (TPSA) is 55.1 Å². The normalized spacial score (nSPS) is 10.5. The van der Waals surface area contributed by atoms with Gasteiger partial charge < -0.3 is 14.7 Å². The van der Waals surface area contributed by atoms with E-state index >= 15 is 0 Å². The zero-order valence-corrected chi connectivity index (χ0v) is 10.1. The second kappa shape index (κ2) is 4.05. The second-order valence-electron chi connectivity index (χ2n) is 3.90. The third kappa shape index (κ3) is 1.62. The zero-order chi connectivity index (χ0) is 12.6. The van der Waals surface area contributed by atoms with E-state index in [-0.39, 0.29) is 5.78 Å². The summed E-state index contributed by atoms with van der Waals surface area (Å²) in [4.78, 5) is 11.6. The number of hydrogen-bond acceptors (Lipinski definition) is 3. The molecule has 0 aliphatic heterocycles. The van der Waals surface area contributed by atoms with E-state index in [9.17, 15) is 4.79 Å². The summed E-state index contributed by atoms with van der Waals surface area (Å²) in [5, 5.41) is 8.35. The smallest absolute Gasteiger partial charge is 0.176 e. The van der Waals surface area contributed by atoms with Crippen LogP contribution in [0.25, 0.3) is 10.9 Å². The lowest BCUT2D eigenvalue weighted by Crippen LogP contribution is -2.04. The molecule has 0 saturated heterocycles. The first-order valence-electron chi connectivity index (χ1n) is 5.28. The molecule has 0 aliphatic rings. The number of nitrogens with zero attached hydrogens (tertiary/aromatic N) is 1. The molecule has 4 nitrogen and oxygen atoms in total. The van der Waals surface area contributed by atoms with Gasteiger partial charge in [-0.05, 0) is 12.1 Å². The highest BCUT2D eigenvalue weighted by atomic mass is 16.5. The van der Waals surface area contributed by atoms with E-state index in [4.69, 9.17) is 10.1 Å². The van der Waals surface area contributed by atoms with Gasteiger partial charge in [-0.25, -0.2) is 0 Å². The fraction of sp³-hybridized carbons (Fsp3) is 0.231. The van der Waals surface area contributed by atoms with Gasteiger partial charge in [-0.2, -0.15) is 0 Å². The number of rotatable bonds is 3. The van der Waals surface area contributed by atoms with Crippen LogP contribution in [0.15, 0.2) is 18.2 Å². The number of benzene rings is 1. The average molecular weight is 230 g/mol. The highest BCUT2D eigenvalue weighted by Crippen LogP contribution is 2.27. The van der Waals surface area contributed by atoms with E-state index < -0.39 is 0 Å². The summed E-state index contributed by atoms with van der Waals surface area (Å²) < 4.78 is 6.97. The van der Waals surface area contributed by atoms with Crippen molar-refractivity contribution in [2.75, 3.05) is 7.11 Å². The lowest BCUT2D eigenvalue weighted by molar-refractivity contribution is 0.101. The number of fused-ring (bicyclic) bond motifs is 1. The maximum Gasteiger partial charge on any atom is 0.176 e. The summed E-state index contributed by atoms with van der Waals surface area (Å²) in [6, 6.07) is 5.58. The lowest BCUT2D eigenvalue weighted by Gasteiger charge is -2.02. The van der Waals surface area contributed by atoms with Gasteiger partial charge in [0.25, 0.3) is 0 Å². The summed E-state index contributed by atoms with van der Waals surface area (Å²) in [7, 11) is 3.43. The molecule has 0 fully saturated rings. The molecule has 0 bridgehead atoms. The summed E-state index contributed by atoms with van der Waals surface area (Å²) in [5.74, 6) is 0.700. The number of aromatic nitrogens is 1. The molecule has 1 N–H and O–H groups in total. The Labute approximate surface area is 99.3 Å². The number of aryl methyl sites for hydroxylation is 1. The Balaban J connectivity index is 2.88. The first-order valence-corrected chi connectivity index (χ1v) is 5.28. The third-order valence-electron chi connectivity index (χ3n) is 2.92. The molecule has 4 heteroatoms. The zero-order valence-electron chi connectivity index (χ0n) is 10.1. The number of carbonyl (C=O) groups excluding carboxylic acids is 1. The molecule has 1 aromatic carbocycles. The van der Waals surface area contributed by atoms with Crippen LogP contribution in [0.1, 0.15) is 23.0 Å². The van der Waals surface area contributed by atoms with Crippen molar-refractivity contribution in [3.05, 3.63) is 29.5 Å². The summed E-state index contributed by atoms with van der Waals surface area (Å²) >= 11 is 0. The third-order valence-corrected chi connectivity index (χ3v) is 2.92. The Kier molecular flexibility index (Phi) is 2.71. The number of ether oxygens (including phenoxy) is 1. The molecule has 1 heterocycles.